The fraction of sp³-hybridized carbons (Fsp3) is 0.250. The van der Waals surface area contributed by atoms with E-state index in [0.29, 0.717) is 17.3 Å². The molecule has 0 unspecified atom stereocenters. The molecular formula is C16H19N3O3S3. The highest BCUT2D eigenvalue weighted by atomic mass is 32.2. The molecule has 0 aliphatic rings. The predicted molar refractivity (Wildman–Crippen MR) is 105 cm³/mol. The lowest BCUT2D eigenvalue weighted by Crippen LogP contribution is -2.43. The zero-order valence-electron chi connectivity index (χ0n) is 13.6. The monoisotopic (exact) mass is 397 g/mol. The van der Waals surface area contributed by atoms with Crippen LogP contribution >= 0.6 is 23.1 Å². The van der Waals surface area contributed by atoms with Crippen molar-refractivity contribution in [2.45, 2.75) is 12.5 Å². The fourth-order valence-electron chi connectivity index (χ4n) is 1.93. The van der Waals surface area contributed by atoms with Gasteiger partial charge in [0, 0.05) is 17.0 Å². The first-order valence-corrected chi connectivity index (χ1v) is 11.3. The molecule has 134 valence electrons. The number of thioether (sulfide) groups is 1. The first kappa shape index (κ1) is 19.6. The maximum atomic E-state index is 12.4. The standard InChI is InChI=1S/C16H19N3O3S3/c1-23-10-7-14(15(20)18-16-17-9-11-24-16)19-25(21,22)12-8-13-5-3-2-4-6-13/h2-6,8-9,11-12,14,19H,7,10H2,1H3,(H,17,18,20)/b12-8-/t14-/m1/s1. The predicted octanol–water partition coefficient (Wildman–Crippen LogP) is 2.79. The Kier molecular flexibility index (Phi) is 7.63. The second-order valence-corrected chi connectivity index (χ2v) is 8.51. The molecule has 1 heterocycles. The van der Waals surface area contributed by atoms with Gasteiger partial charge >= 0.3 is 0 Å². The summed E-state index contributed by atoms with van der Waals surface area (Å²) >= 11 is 2.82. The summed E-state index contributed by atoms with van der Waals surface area (Å²) in [6.07, 6.45) is 5.35. The summed E-state index contributed by atoms with van der Waals surface area (Å²) in [6.45, 7) is 0. The highest BCUT2D eigenvalue weighted by molar-refractivity contribution is 7.98. The third kappa shape index (κ3) is 6.99. The Morgan fingerprint density at radius 3 is 2.76 bits per heavy atom. The molecule has 0 saturated heterocycles. The van der Waals surface area contributed by atoms with Crippen molar-refractivity contribution in [1.82, 2.24) is 9.71 Å². The Bertz CT molecular complexity index is 791. The van der Waals surface area contributed by atoms with Gasteiger partial charge in [-0.05, 0) is 30.1 Å². The van der Waals surface area contributed by atoms with E-state index < -0.39 is 22.0 Å². The highest BCUT2D eigenvalue weighted by Crippen LogP contribution is 2.12. The minimum atomic E-state index is -3.75. The maximum absolute atomic E-state index is 12.4. The average Bonchev–Trinajstić information content (AvgIpc) is 3.10. The molecule has 1 atom stereocenters. The van der Waals surface area contributed by atoms with E-state index in [1.807, 2.05) is 24.5 Å². The van der Waals surface area contributed by atoms with E-state index in [4.69, 9.17) is 0 Å². The molecule has 2 aromatic rings. The van der Waals surface area contributed by atoms with Crippen molar-refractivity contribution in [3.8, 4) is 0 Å². The number of aromatic nitrogens is 1. The number of carbonyl (C=O) groups excluding carboxylic acids is 1. The summed E-state index contributed by atoms with van der Waals surface area (Å²) in [5.41, 5.74) is 0.765. The van der Waals surface area contributed by atoms with Gasteiger partial charge in [-0.15, -0.1) is 11.3 Å². The van der Waals surface area contributed by atoms with Crippen molar-refractivity contribution < 1.29 is 13.2 Å². The number of anilines is 1. The Labute approximate surface area is 155 Å². The van der Waals surface area contributed by atoms with Crippen LogP contribution in [-0.4, -0.2) is 37.4 Å². The van der Waals surface area contributed by atoms with Crippen molar-refractivity contribution >= 4 is 50.2 Å². The highest BCUT2D eigenvalue weighted by Gasteiger charge is 2.23. The lowest BCUT2D eigenvalue weighted by Gasteiger charge is -2.16. The van der Waals surface area contributed by atoms with Crippen molar-refractivity contribution in [3.63, 3.8) is 0 Å². The number of rotatable bonds is 9. The summed E-state index contributed by atoms with van der Waals surface area (Å²) in [5, 5.41) is 5.89. The lowest BCUT2D eigenvalue weighted by molar-refractivity contribution is -0.117. The first-order valence-electron chi connectivity index (χ1n) is 7.45. The number of hydrogen-bond donors (Lipinski definition) is 2. The van der Waals surface area contributed by atoms with Crippen LogP contribution in [0.2, 0.25) is 0 Å². The van der Waals surface area contributed by atoms with Gasteiger partial charge in [0.15, 0.2) is 5.13 Å². The quantitative estimate of drug-likeness (QED) is 0.679. The Hall–Kier alpha value is -1.68. The number of nitrogens with zero attached hydrogens (tertiary/aromatic N) is 1. The zero-order valence-corrected chi connectivity index (χ0v) is 16.0. The molecule has 25 heavy (non-hydrogen) atoms. The Balaban J connectivity index is 2.06. The number of sulfonamides is 1. The largest absolute Gasteiger partial charge is 0.301 e. The third-order valence-electron chi connectivity index (χ3n) is 3.14. The van der Waals surface area contributed by atoms with Crippen molar-refractivity contribution in [3.05, 3.63) is 52.9 Å². The Morgan fingerprint density at radius 2 is 2.12 bits per heavy atom. The molecule has 1 aromatic carbocycles. The van der Waals surface area contributed by atoms with Crippen LogP contribution in [0, 0.1) is 0 Å². The van der Waals surface area contributed by atoms with Gasteiger partial charge in [0.1, 0.15) is 6.04 Å². The summed E-state index contributed by atoms with van der Waals surface area (Å²) in [6, 6.07) is 8.23. The summed E-state index contributed by atoms with van der Waals surface area (Å²) in [5.74, 6) is 0.238. The smallest absolute Gasteiger partial charge is 0.244 e. The molecule has 0 spiro atoms. The van der Waals surface area contributed by atoms with Gasteiger partial charge in [0.25, 0.3) is 0 Å². The fourth-order valence-corrected chi connectivity index (χ4v) is 3.97. The number of thiazole rings is 1. The van der Waals surface area contributed by atoms with Crippen LogP contribution in [0.1, 0.15) is 12.0 Å². The molecule has 6 nitrogen and oxygen atoms in total. The lowest BCUT2D eigenvalue weighted by atomic mass is 10.2. The van der Waals surface area contributed by atoms with Gasteiger partial charge in [0.05, 0.1) is 0 Å². The van der Waals surface area contributed by atoms with E-state index in [1.54, 1.807) is 35.5 Å². The van der Waals surface area contributed by atoms with E-state index in [2.05, 4.69) is 15.0 Å². The first-order chi connectivity index (χ1) is 12.0. The molecule has 1 amide bonds. The van der Waals surface area contributed by atoms with Crippen LogP contribution in [-0.2, 0) is 14.8 Å². The molecule has 0 aliphatic carbocycles. The summed E-state index contributed by atoms with van der Waals surface area (Å²) < 4.78 is 27.0. The van der Waals surface area contributed by atoms with Gasteiger partial charge in [-0.3, -0.25) is 4.79 Å². The van der Waals surface area contributed by atoms with Gasteiger partial charge in [-0.1, -0.05) is 30.3 Å². The molecule has 0 saturated carbocycles. The minimum absolute atomic E-state index is 0.386. The number of hydrogen-bond acceptors (Lipinski definition) is 6. The number of carbonyl (C=O) groups is 1. The second kappa shape index (κ2) is 9.71. The van der Waals surface area contributed by atoms with Crippen molar-refractivity contribution in [2.24, 2.45) is 0 Å². The van der Waals surface area contributed by atoms with Gasteiger partial charge in [-0.25, -0.2) is 13.4 Å². The molecular weight excluding hydrogens is 378 g/mol. The molecule has 2 N–H and O–H groups in total. The number of amides is 1. The summed E-state index contributed by atoms with van der Waals surface area (Å²) in [7, 11) is -3.75. The van der Waals surface area contributed by atoms with Gasteiger partial charge < -0.3 is 5.32 Å². The summed E-state index contributed by atoms with van der Waals surface area (Å²) in [4.78, 5) is 16.3. The topological polar surface area (TPSA) is 88.2 Å². The zero-order chi connectivity index (χ0) is 18.1. The Morgan fingerprint density at radius 1 is 1.36 bits per heavy atom. The van der Waals surface area contributed by atoms with E-state index in [-0.39, 0.29) is 0 Å². The van der Waals surface area contributed by atoms with E-state index >= 15 is 0 Å². The van der Waals surface area contributed by atoms with Crippen LogP contribution in [0.4, 0.5) is 5.13 Å². The normalized spacial score (nSPS) is 13.0. The van der Waals surface area contributed by atoms with E-state index in [1.165, 1.54) is 17.4 Å². The minimum Gasteiger partial charge on any atom is -0.301 e. The second-order valence-electron chi connectivity index (χ2n) is 5.04. The van der Waals surface area contributed by atoms with Crippen molar-refractivity contribution in [1.29, 1.82) is 0 Å². The molecule has 0 radical (unpaired) electrons. The molecule has 1 aromatic heterocycles. The van der Waals surface area contributed by atoms with Crippen LogP contribution < -0.4 is 10.0 Å². The van der Waals surface area contributed by atoms with Crippen LogP contribution in [0.5, 0.6) is 0 Å². The van der Waals surface area contributed by atoms with E-state index in [0.717, 1.165) is 11.0 Å². The number of nitrogens with one attached hydrogen (secondary N) is 2. The maximum Gasteiger partial charge on any atom is 0.244 e. The number of benzene rings is 1. The van der Waals surface area contributed by atoms with Crippen molar-refractivity contribution in [2.75, 3.05) is 17.3 Å². The van der Waals surface area contributed by atoms with Gasteiger partial charge in [-0.2, -0.15) is 16.5 Å². The average molecular weight is 398 g/mol. The molecule has 9 heteroatoms. The van der Waals surface area contributed by atoms with Crippen LogP contribution in [0.25, 0.3) is 6.08 Å². The molecule has 0 fully saturated rings. The third-order valence-corrected chi connectivity index (χ3v) is 5.58. The molecule has 2 rings (SSSR count). The van der Waals surface area contributed by atoms with Crippen LogP contribution in [0.15, 0.2) is 47.3 Å². The molecule has 0 bridgehead atoms. The van der Waals surface area contributed by atoms with Gasteiger partial charge in [0.2, 0.25) is 15.9 Å². The molecule has 0 aliphatic heterocycles. The van der Waals surface area contributed by atoms with Crippen LogP contribution in [0.3, 0.4) is 0 Å². The SMILES string of the molecule is CSCC[C@@H](NS(=O)(=O)/C=C\c1ccccc1)C(=O)Nc1nccs1. The van der Waals surface area contributed by atoms with E-state index in [9.17, 15) is 13.2 Å².